The molecule has 0 spiro atoms. The summed E-state index contributed by atoms with van der Waals surface area (Å²) in [5.74, 6) is -0.685. The zero-order valence-electron chi connectivity index (χ0n) is 9.31. The second kappa shape index (κ2) is 4.65. The number of rotatable bonds is 2. The van der Waals surface area contributed by atoms with Gasteiger partial charge in [-0.05, 0) is 13.8 Å². The predicted molar refractivity (Wildman–Crippen MR) is 55.1 cm³/mol. The zero-order valence-corrected chi connectivity index (χ0v) is 9.31. The fourth-order valence-corrected chi connectivity index (χ4v) is 1.23. The molecular weight excluding hydrogens is 214 g/mol. The van der Waals surface area contributed by atoms with Crippen molar-refractivity contribution in [3.63, 3.8) is 0 Å². The third-order valence-electron chi connectivity index (χ3n) is 1.92. The van der Waals surface area contributed by atoms with Crippen LogP contribution in [0.15, 0.2) is 0 Å². The first-order valence-electron chi connectivity index (χ1n) is 4.63. The Balaban J connectivity index is 3.17. The molecule has 0 aromatic carbocycles. The SMILES string of the molecule is CCOC(=O)c1c(C)nn(C(=O)OC)c1N. The van der Waals surface area contributed by atoms with E-state index in [1.807, 2.05) is 0 Å². The molecule has 0 radical (unpaired) electrons. The predicted octanol–water partition coefficient (Wildman–Crippen LogP) is 0.565. The van der Waals surface area contributed by atoms with Gasteiger partial charge in [-0.15, -0.1) is 4.68 Å². The zero-order chi connectivity index (χ0) is 12.3. The van der Waals surface area contributed by atoms with Crippen molar-refractivity contribution in [1.82, 2.24) is 9.78 Å². The average molecular weight is 227 g/mol. The number of nitrogen functional groups attached to an aromatic ring is 1. The van der Waals surface area contributed by atoms with Crippen LogP contribution < -0.4 is 5.73 Å². The van der Waals surface area contributed by atoms with Crippen molar-refractivity contribution >= 4 is 17.9 Å². The van der Waals surface area contributed by atoms with E-state index in [0.29, 0.717) is 5.69 Å². The van der Waals surface area contributed by atoms with Crippen LogP contribution in [-0.2, 0) is 9.47 Å². The van der Waals surface area contributed by atoms with Gasteiger partial charge in [0.2, 0.25) is 0 Å². The van der Waals surface area contributed by atoms with Crippen molar-refractivity contribution in [2.24, 2.45) is 0 Å². The molecule has 0 bridgehead atoms. The van der Waals surface area contributed by atoms with Gasteiger partial charge in [-0.2, -0.15) is 5.10 Å². The Morgan fingerprint density at radius 1 is 1.50 bits per heavy atom. The number of ether oxygens (including phenoxy) is 2. The first-order valence-corrected chi connectivity index (χ1v) is 4.63. The van der Waals surface area contributed by atoms with Crippen LogP contribution in [0.2, 0.25) is 0 Å². The highest BCUT2D eigenvalue weighted by molar-refractivity contribution is 5.97. The second-order valence-corrected chi connectivity index (χ2v) is 2.95. The number of anilines is 1. The summed E-state index contributed by atoms with van der Waals surface area (Å²) in [4.78, 5) is 22.7. The summed E-state index contributed by atoms with van der Waals surface area (Å²) in [5.41, 5.74) is 6.02. The summed E-state index contributed by atoms with van der Waals surface area (Å²) in [6, 6.07) is 0. The van der Waals surface area contributed by atoms with Gasteiger partial charge < -0.3 is 15.2 Å². The van der Waals surface area contributed by atoms with Crippen molar-refractivity contribution in [2.45, 2.75) is 13.8 Å². The molecule has 0 saturated carbocycles. The molecule has 88 valence electrons. The molecule has 1 aromatic rings. The number of nitrogens with two attached hydrogens (primary N) is 1. The van der Waals surface area contributed by atoms with Gasteiger partial charge in [0, 0.05) is 0 Å². The van der Waals surface area contributed by atoms with Gasteiger partial charge >= 0.3 is 12.1 Å². The summed E-state index contributed by atoms with van der Waals surface area (Å²) >= 11 is 0. The molecule has 7 nitrogen and oxygen atoms in total. The first kappa shape index (κ1) is 12.0. The molecule has 0 amide bonds. The van der Waals surface area contributed by atoms with Crippen LogP contribution in [0.4, 0.5) is 10.6 Å². The molecular formula is C9H13N3O4. The molecule has 0 saturated heterocycles. The highest BCUT2D eigenvalue weighted by atomic mass is 16.5. The van der Waals surface area contributed by atoms with Gasteiger partial charge in [0.25, 0.3) is 0 Å². The van der Waals surface area contributed by atoms with Crippen LogP contribution in [-0.4, -0.2) is 35.6 Å². The number of methoxy groups -OCH3 is 1. The fraction of sp³-hybridized carbons (Fsp3) is 0.444. The normalized spacial score (nSPS) is 9.94. The maximum Gasteiger partial charge on any atom is 0.436 e. The molecule has 0 fully saturated rings. The van der Waals surface area contributed by atoms with Crippen molar-refractivity contribution < 1.29 is 19.1 Å². The van der Waals surface area contributed by atoms with Crippen LogP contribution in [0, 0.1) is 6.92 Å². The summed E-state index contributed by atoms with van der Waals surface area (Å²) in [7, 11) is 1.20. The van der Waals surface area contributed by atoms with Crippen LogP contribution >= 0.6 is 0 Å². The Labute approximate surface area is 92.1 Å². The lowest BCUT2D eigenvalue weighted by Crippen LogP contribution is -2.16. The lowest BCUT2D eigenvalue weighted by Gasteiger charge is -2.02. The van der Waals surface area contributed by atoms with Gasteiger partial charge in [0.15, 0.2) is 0 Å². The number of carbonyl (C=O) groups excluding carboxylic acids is 2. The van der Waals surface area contributed by atoms with E-state index < -0.39 is 12.1 Å². The Morgan fingerprint density at radius 2 is 2.12 bits per heavy atom. The van der Waals surface area contributed by atoms with E-state index in [2.05, 4.69) is 9.84 Å². The van der Waals surface area contributed by atoms with Gasteiger partial charge in [0.1, 0.15) is 11.4 Å². The molecule has 0 unspecified atom stereocenters. The monoisotopic (exact) mass is 227 g/mol. The van der Waals surface area contributed by atoms with E-state index in [9.17, 15) is 9.59 Å². The molecule has 2 N–H and O–H groups in total. The lowest BCUT2D eigenvalue weighted by molar-refractivity contribution is 0.0527. The van der Waals surface area contributed by atoms with Crippen LogP contribution in [0.1, 0.15) is 23.0 Å². The Kier molecular flexibility index (Phi) is 3.49. The number of esters is 1. The second-order valence-electron chi connectivity index (χ2n) is 2.95. The van der Waals surface area contributed by atoms with Crippen LogP contribution in [0.5, 0.6) is 0 Å². The van der Waals surface area contributed by atoms with Gasteiger partial charge in [-0.3, -0.25) is 0 Å². The number of aryl methyl sites for hydroxylation is 1. The first-order chi connectivity index (χ1) is 7.52. The average Bonchev–Trinajstić information content (AvgIpc) is 2.53. The Hall–Kier alpha value is -2.05. The fourth-order valence-electron chi connectivity index (χ4n) is 1.23. The smallest absolute Gasteiger partial charge is 0.436 e. The number of nitrogens with zero attached hydrogens (tertiary/aromatic N) is 2. The van der Waals surface area contributed by atoms with E-state index >= 15 is 0 Å². The molecule has 1 aromatic heterocycles. The van der Waals surface area contributed by atoms with Gasteiger partial charge in [-0.25, -0.2) is 9.59 Å². The maximum absolute atomic E-state index is 11.5. The number of hydrogen-bond donors (Lipinski definition) is 1. The topological polar surface area (TPSA) is 96.4 Å². The third-order valence-corrected chi connectivity index (χ3v) is 1.92. The van der Waals surface area contributed by atoms with Crippen molar-refractivity contribution in [1.29, 1.82) is 0 Å². The van der Waals surface area contributed by atoms with Gasteiger partial charge in [0.05, 0.1) is 19.4 Å². The summed E-state index contributed by atoms with van der Waals surface area (Å²) in [6.07, 6.45) is -0.754. The van der Waals surface area contributed by atoms with E-state index in [1.54, 1.807) is 13.8 Å². The summed E-state index contributed by atoms with van der Waals surface area (Å²) in [6.45, 7) is 3.46. The minimum absolute atomic E-state index is 0.0807. The number of carbonyl (C=O) groups is 2. The van der Waals surface area contributed by atoms with Gasteiger partial charge in [-0.1, -0.05) is 0 Å². The van der Waals surface area contributed by atoms with E-state index in [-0.39, 0.29) is 18.0 Å². The molecule has 0 atom stereocenters. The largest absolute Gasteiger partial charge is 0.462 e. The summed E-state index contributed by atoms with van der Waals surface area (Å²) < 4.78 is 10.1. The summed E-state index contributed by atoms with van der Waals surface area (Å²) in [5, 5.41) is 3.80. The molecule has 1 rings (SSSR count). The van der Waals surface area contributed by atoms with E-state index in [1.165, 1.54) is 7.11 Å². The Bertz CT molecular complexity index is 425. The minimum Gasteiger partial charge on any atom is -0.462 e. The van der Waals surface area contributed by atoms with Crippen LogP contribution in [0.25, 0.3) is 0 Å². The molecule has 16 heavy (non-hydrogen) atoms. The Morgan fingerprint density at radius 3 is 2.62 bits per heavy atom. The lowest BCUT2D eigenvalue weighted by atomic mass is 10.2. The van der Waals surface area contributed by atoms with Crippen molar-refractivity contribution in [2.75, 3.05) is 19.5 Å². The molecule has 0 aliphatic heterocycles. The standard InChI is InChI=1S/C9H13N3O4/c1-4-16-8(13)6-5(2)11-12(7(6)10)9(14)15-3/h4,10H2,1-3H3. The van der Waals surface area contributed by atoms with Crippen LogP contribution in [0.3, 0.4) is 0 Å². The number of hydrogen-bond acceptors (Lipinski definition) is 6. The highest BCUT2D eigenvalue weighted by Crippen LogP contribution is 2.17. The minimum atomic E-state index is -0.754. The molecule has 1 heterocycles. The van der Waals surface area contributed by atoms with Crippen molar-refractivity contribution in [3.05, 3.63) is 11.3 Å². The third kappa shape index (κ3) is 1.97. The molecule has 7 heteroatoms. The van der Waals surface area contributed by atoms with E-state index in [4.69, 9.17) is 10.5 Å². The maximum atomic E-state index is 11.5. The van der Waals surface area contributed by atoms with E-state index in [0.717, 1.165) is 4.68 Å². The highest BCUT2D eigenvalue weighted by Gasteiger charge is 2.23. The molecule has 0 aliphatic rings. The molecule has 0 aliphatic carbocycles. The van der Waals surface area contributed by atoms with Crippen molar-refractivity contribution in [3.8, 4) is 0 Å². The quantitative estimate of drug-likeness (QED) is 0.741. The number of aromatic nitrogens is 2.